The summed E-state index contributed by atoms with van der Waals surface area (Å²) in [5.74, 6) is 0.648. The lowest BCUT2D eigenvalue weighted by Gasteiger charge is -2.28. The molecule has 5 heteroatoms. The molecule has 0 bridgehead atoms. The summed E-state index contributed by atoms with van der Waals surface area (Å²) in [6, 6.07) is 12.2. The van der Waals surface area contributed by atoms with Gasteiger partial charge in [0.25, 0.3) is 5.91 Å². The molecule has 0 aliphatic carbocycles. The molecule has 1 aliphatic rings. The third-order valence-electron chi connectivity index (χ3n) is 4.60. The van der Waals surface area contributed by atoms with Gasteiger partial charge in [-0.2, -0.15) is 0 Å². The Kier molecular flexibility index (Phi) is 5.22. The first-order chi connectivity index (χ1) is 12.1. The second-order valence-electron chi connectivity index (χ2n) is 6.63. The fourth-order valence-corrected chi connectivity index (χ4v) is 3.29. The van der Waals surface area contributed by atoms with Gasteiger partial charge in [0, 0.05) is 32.5 Å². The highest BCUT2D eigenvalue weighted by Gasteiger charge is 2.33. The molecule has 0 spiro atoms. The molecule has 3 rings (SSSR count). The van der Waals surface area contributed by atoms with E-state index in [4.69, 9.17) is 4.74 Å². The molecule has 0 saturated carbocycles. The molecule has 1 fully saturated rings. The fraction of sp³-hybridized carbons (Fsp3) is 0.400. The van der Waals surface area contributed by atoms with Crippen LogP contribution in [0.25, 0.3) is 0 Å². The highest BCUT2D eigenvalue weighted by atomic mass is 16.5. The maximum Gasteiger partial charge on any atom is 0.263 e. The first kappa shape index (κ1) is 17.3. The van der Waals surface area contributed by atoms with Crippen LogP contribution in [0.4, 0.5) is 5.69 Å². The number of aromatic nitrogens is 1. The zero-order valence-electron chi connectivity index (χ0n) is 15.1. The van der Waals surface area contributed by atoms with Crippen molar-refractivity contribution in [2.24, 2.45) is 0 Å². The molecule has 1 aromatic heterocycles. The van der Waals surface area contributed by atoms with Crippen molar-refractivity contribution >= 4 is 11.6 Å². The van der Waals surface area contributed by atoms with Crippen molar-refractivity contribution < 1.29 is 9.53 Å². The summed E-state index contributed by atoms with van der Waals surface area (Å²) in [6.45, 7) is 2.58. The lowest BCUT2D eigenvalue weighted by Crippen LogP contribution is -2.40. The van der Waals surface area contributed by atoms with Gasteiger partial charge in [0.15, 0.2) is 6.10 Å². The molecule has 0 N–H and O–H groups in total. The van der Waals surface area contributed by atoms with Gasteiger partial charge in [0.1, 0.15) is 5.75 Å². The van der Waals surface area contributed by atoms with Gasteiger partial charge in [-0.1, -0.05) is 12.1 Å². The maximum atomic E-state index is 12.9. The Hall–Kier alpha value is -2.56. The second-order valence-corrected chi connectivity index (χ2v) is 6.63. The largest absolute Gasteiger partial charge is 0.479 e. The van der Waals surface area contributed by atoms with Gasteiger partial charge in [-0.25, -0.2) is 0 Å². The Labute approximate surface area is 149 Å². The quantitative estimate of drug-likeness (QED) is 0.839. The molecule has 2 heterocycles. The van der Waals surface area contributed by atoms with Gasteiger partial charge >= 0.3 is 0 Å². The Morgan fingerprint density at radius 3 is 2.88 bits per heavy atom. The number of anilines is 1. The summed E-state index contributed by atoms with van der Waals surface area (Å²) in [5, 5.41) is 0. The molecule has 0 unspecified atom stereocenters. The average molecular weight is 339 g/mol. The van der Waals surface area contributed by atoms with Crippen LogP contribution in [0.5, 0.6) is 5.75 Å². The molecule has 2 atom stereocenters. The molecule has 5 nitrogen and oxygen atoms in total. The highest BCUT2D eigenvalue weighted by molar-refractivity contribution is 5.81. The van der Waals surface area contributed by atoms with E-state index in [0.717, 1.165) is 25.1 Å². The number of pyridine rings is 1. The van der Waals surface area contributed by atoms with Gasteiger partial charge in [-0.05, 0) is 49.6 Å². The van der Waals surface area contributed by atoms with Gasteiger partial charge in [0.05, 0.1) is 12.2 Å². The number of nitrogens with zero attached hydrogens (tertiary/aromatic N) is 3. The topological polar surface area (TPSA) is 45.7 Å². The Balaban J connectivity index is 1.74. The van der Waals surface area contributed by atoms with Crippen LogP contribution in [0.3, 0.4) is 0 Å². The van der Waals surface area contributed by atoms with Gasteiger partial charge in [-0.15, -0.1) is 0 Å². The summed E-state index contributed by atoms with van der Waals surface area (Å²) in [5.41, 5.74) is 2.34. The third-order valence-corrected chi connectivity index (χ3v) is 4.60. The van der Waals surface area contributed by atoms with Crippen LogP contribution >= 0.6 is 0 Å². The predicted molar refractivity (Wildman–Crippen MR) is 98.8 cm³/mol. The first-order valence-corrected chi connectivity index (χ1v) is 8.70. The summed E-state index contributed by atoms with van der Waals surface area (Å²) >= 11 is 0. The molecule has 132 valence electrons. The second kappa shape index (κ2) is 7.55. The van der Waals surface area contributed by atoms with E-state index in [2.05, 4.69) is 34.1 Å². The fourth-order valence-electron chi connectivity index (χ4n) is 3.29. The van der Waals surface area contributed by atoms with E-state index in [9.17, 15) is 4.79 Å². The molecule has 0 radical (unpaired) electrons. The molecule has 1 amide bonds. The summed E-state index contributed by atoms with van der Waals surface area (Å²) in [7, 11) is 4.06. The zero-order valence-corrected chi connectivity index (χ0v) is 15.1. The minimum Gasteiger partial charge on any atom is -0.479 e. The van der Waals surface area contributed by atoms with Crippen molar-refractivity contribution in [3.63, 3.8) is 0 Å². The Morgan fingerprint density at radius 2 is 2.16 bits per heavy atom. The number of carbonyl (C=O) groups excluding carboxylic acids is 1. The summed E-state index contributed by atoms with van der Waals surface area (Å²) in [6.07, 6.45) is 4.80. The molecule has 2 aromatic rings. The van der Waals surface area contributed by atoms with Crippen LogP contribution in [-0.2, 0) is 4.79 Å². The minimum atomic E-state index is -0.526. The number of benzene rings is 1. The molecular weight excluding hydrogens is 314 g/mol. The van der Waals surface area contributed by atoms with Crippen molar-refractivity contribution in [2.45, 2.75) is 31.9 Å². The van der Waals surface area contributed by atoms with E-state index in [1.54, 1.807) is 25.4 Å². The summed E-state index contributed by atoms with van der Waals surface area (Å²) < 4.78 is 5.77. The smallest absolute Gasteiger partial charge is 0.263 e. The predicted octanol–water partition coefficient (Wildman–Crippen LogP) is 3.28. The van der Waals surface area contributed by atoms with Crippen LogP contribution < -0.4 is 9.64 Å². The number of ether oxygens (including phenoxy) is 1. The number of hydrogen-bond acceptors (Lipinski definition) is 4. The summed E-state index contributed by atoms with van der Waals surface area (Å²) in [4.78, 5) is 21.0. The lowest BCUT2D eigenvalue weighted by atomic mass is 10.0. The SMILES string of the molecule is C[C@@H](Oc1cccnc1)C(=O)N1CCC[C@@H]1c1cccc(N(C)C)c1. The van der Waals surface area contributed by atoms with Crippen LogP contribution in [-0.4, -0.2) is 42.5 Å². The molecule has 1 aromatic carbocycles. The van der Waals surface area contributed by atoms with E-state index >= 15 is 0 Å². The van der Waals surface area contributed by atoms with Crippen LogP contribution in [0.15, 0.2) is 48.8 Å². The van der Waals surface area contributed by atoms with E-state index in [0.29, 0.717) is 5.75 Å². The molecule has 25 heavy (non-hydrogen) atoms. The van der Waals surface area contributed by atoms with Crippen LogP contribution in [0.1, 0.15) is 31.4 Å². The van der Waals surface area contributed by atoms with E-state index in [-0.39, 0.29) is 11.9 Å². The monoisotopic (exact) mass is 339 g/mol. The Morgan fingerprint density at radius 1 is 1.32 bits per heavy atom. The maximum absolute atomic E-state index is 12.9. The number of carbonyl (C=O) groups is 1. The third kappa shape index (κ3) is 3.92. The van der Waals surface area contributed by atoms with Crippen molar-refractivity contribution in [1.29, 1.82) is 0 Å². The number of rotatable bonds is 5. The molecular formula is C20H25N3O2. The van der Waals surface area contributed by atoms with Gasteiger partial charge < -0.3 is 14.5 Å². The molecule has 1 saturated heterocycles. The number of likely N-dealkylation sites (tertiary alicyclic amines) is 1. The highest BCUT2D eigenvalue weighted by Crippen LogP contribution is 2.34. The first-order valence-electron chi connectivity index (χ1n) is 8.70. The lowest BCUT2D eigenvalue weighted by molar-refractivity contribution is -0.138. The zero-order chi connectivity index (χ0) is 17.8. The van der Waals surface area contributed by atoms with Gasteiger partial charge in [-0.3, -0.25) is 9.78 Å². The van der Waals surface area contributed by atoms with E-state index in [1.807, 2.05) is 25.1 Å². The number of amides is 1. The van der Waals surface area contributed by atoms with Crippen molar-refractivity contribution in [3.05, 3.63) is 54.4 Å². The average Bonchev–Trinajstić information content (AvgIpc) is 3.11. The van der Waals surface area contributed by atoms with Crippen molar-refractivity contribution in [3.8, 4) is 5.75 Å². The molecule has 1 aliphatic heterocycles. The normalized spacial score (nSPS) is 18.0. The van der Waals surface area contributed by atoms with Gasteiger partial charge in [0.2, 0.25) is 0 Å². The minimum absolute atomic E-state index is 0.0293. The van der Waals surface area contributed by atoms with Crippen molar-refractivity contribution in [2.75, 3.05) is 25.5 Å². The van der Waals surface area contributed by atoms with E-state index in [1.165, 1.54) is 5.56 Å². The van der Waals surface area contributed by atoms with Crippen molar-refractivity contribution in [1.82, 2.24) is 9.88 Å². The van der Waals surface area contributed by atoms with Crippen LogP contribution in [0, 0.1) is 0 Å². The van der Waals surface area contributed by atoms with E-state index < -0.39 is 6.10 Å². The Bertz CT molecular complexity index is 718. The standard InChI is InChI=1S/C20H25N3O2/c1-15(25-18-9-5-11-21-14-18)20(24)23-12-6-10-19(23)16-7-4-8-17(13-16)22(2)3/h4-5,7-9,11,13-15,19H,6,10,12H2,1-3H3/t15-,19-/m1/s1. The van der Waals surface area contributed by atoms with Crippen LogP contribution in [0.2, 0.25) is 0 Å². The number of hydrogen-bond donors (Lipinski definition) is 0.